The largest absolute Gasteiger partial charge is 0.489 e. The number of ether oxygens (including phenoxy) is 1. The number of carbonyl (C=O) groups excluding carboxylic acids is 2. The number of rotatable bonds is 8. The fourth-order valence-corrected chi connectivity index (χ4v) is 7.48. The van der Waals surface area contributed by atoms with Gasteiger partial charge in [-0.15, -0.1) is 0 Å². The molecular formula is C29H34N4O5S. The van der Waals surface area contributed by atoms with Gasteiger partial charge in [-0.05, 0) is 48.9 Å². The maximum absolute atomic E-state index is 13.1. The molecule has 2 amide bonds. The van der Waals surface area contributed by atoms with Crippen molar-refractivity contribution in [3.8, 4) is 5.75 Å². The quantitative estimate of drug-likeness (QED) is 0.543. The Balaban J connectivity index is 1.03. The summed E-state index contributed by atoms with van der Waals surface area (Å²) in [5.41, 5.74) is 4.29. The number of amides is 2. The Labute approximate surface area is 229 Å². The third kappa shape index (κ3) is 5.33. The van der Waals surface area contributed by atoms with E-state index >= 15 is 0 Å². The number of piperidine rings is 1. The second-order valence-electron chi connectivity index (χ2n) is 10.9. The van der Waals surface area contributed by atoms with Crippen LogP contribution in [-0.4, -0.2) is 71.8 Å². The van der Waals surface area contributed by atoms with Gasteiger partial charge in [0.1, 0.15) is 18.4 Å². The molecule has 9 nitrogen and oxygen atoms in total. The van der Waals surface area contributed by atoms with Crippen molar-refractivity contribution in [3.63, 3.8) is 0 Å². The maximum atomic E-state index is 13.1. The van der Waals surface area contributed by atoms with E-state index in [0.29, 0.717) is 56.1 Å². The van der Waals surface area contributed by atoms with Crippen molar-refractivity contribution < 1.29 is 22.7 Å². The number of nitrogens with one attached hydrogen (secondary N) is 1. The highest BCUT2D eigenvalue weighted by Crippen LogP contribution is 2.34. The average Bonchev–Trinajstić information content (AvgIpc) is 3.74. The van der Waals surface area contributed by atoms with E-state index < -0.39 is 16.1 Å². The van der Waals surface area contributed by atoms with Crippen LogP contribution in [0.1, 0.15) is 52.7 Å². The monoisotopic (exact) mass is 550 g/mol. The number of benzene rings is 2. The molecule has 1 aliphatic carbocycles. The summed E-state index contributed by atoms with van der Waals surface area (Å²) < 4.78 is 32.7. The van der Waals surface area contributed by atoms with Crippen molar-refractivity contribution in [3.05, 3.63) is 77.0 Å². The zero-order valence-electron chi connectivity index (χ0n) is 22.0. The standard InChI is InChI=1S/C29H34N4O5S/c1-20-5-12-26(28(34)30-20)33-18-25-24(29(33)35)3-2-4-27(25)38-19-22-8-6-21(7-9-22)17-31-13-15-32(16-14-31)39(36,37)23-10-11-23/h2-4,6-9,23,26H,1,5,10-19H2,(H,30,34). The highest BCUT2D eigenvalue weighted by atomic mass is 32.2. The first kappa shape index (κ1) is 26.0. The fraction of sp³-hybridized carbons (Fsp3) is 0.448. The van der Waals surface area contributed by atoms with E-state index in [0.717, 1.165) is 43.6 Å². The fourth-order valence-electron chi connectivity index (χ4n) is 5.65. The molecule has 10 heteroatoms. The van der Waals surface area contributed by atoms with Crippen LogP contribution >= 0.6 is 0 Å². The average molecular weight is 551 g/mol. The molecule has 2 saturated heterocycles. The van der Waals surface area contributed by atoms with Gasteiger partial charge in [0.15, 0.2) is 0 Å². The van der Waals surface area contributed by atoms with Gasteiger partial charge in [0, 0.05) is 49.5 Å². The highest BCUT2D eigenvalue weighted by molar-refractivity contribution is 7.90. The topological polar surface area (TPSA) is 99.3 Å². The zero-order chi connectivity index (χ0) is 27.1. The van der Waals surface area contributed by atoms with Crippen LogP contribution in [0.15, 0.2) is 54.7 Å². The van der Waals surface area contributed by atoms with Crippen LogP contribution in [0.25, 0.3) is 0 Å². The lowest BCUT2D eigenvalue weighted by Crippen LogP contribution is -2.49. The summed E-state index contributed by atoms with van der Waals surface area (Å²) in [6, 6.07) is 13.2. The Kier molecular flexibility index (Phi) is 6.95. The van der Waals surface area contributed by atoms with Crippen LogP contribution in [0, 0.1) is 0 Å². The normalized spacial score (nSPS) is 22.6. The number of hydrogen-bond acceptors (Lipinski definition) is 6. The minimum Gasteiger partial charge on any atom is -0.489 e. The molecule has 1 N–H and O–H groups in total. The molecule has 0 aromatic heterocycles. The molecule has 2 aromatic rings. The van der Waals surface area contributed by atoms with Crippen LogP contribution < -0.4 is 10.1 Å². The van der Waals surface area contributed by atoms with E-state index in [2.05, 4.69) is 28.9 Å². The molecule has 2 aromatic carbocycles. The molecule has 0 bridgehead atoms. The number of fused-ring (bicyclic) bond motifs is 1. The van der Waals surface area contributed by atoms with Crippen molar-refractivity contribution in [2.75, 3.05) is 26.2 Å². The summed E-state index contributed by atoms with van der Waals surface area (Å²) >= 11 is 0. The summed E-state index contributed by atoms with van der Waals surface area (Å²) in [5.74, 6) is 0.339. The van der Waals surface area contributed by atoms with E-state index in [-0.39, 0.29) is 17.1 Å². The molecule has 1 atom stereocenters. The van der Waals surface area contributed by atoms with Crippen LogP contribution in [0.2, 0.25) is 0 Å². The predicted molar refractivity (Wildman–Crippen MR) is 146 cm³/mol. The van der Waals surface area contributed by atoms with Gasteiger partial charge in [0.2, 0.25) is 15.9 Å². The Morgan fingerprint density at radius 2 is 1.67 bits per heavy atom. The molecule has 0 spiro atoms. The zero-order valence-corrected chi connectivity index (χ0v) is 22.8. The lowest BCUT2D eigenvalue weighted by molar-refractivity contribution is -0.126. The second kappa shape index (κ2) is 10.4. The number of hydrogen-bond donors (Lipinski definition) is 1. The first-order valence-corrected chi connectivity index (χ1v) is 15.1. The minimum absolute atomic E-state index is 0.140. The summed E-state index contributed by atoms with van der Waals surface area (Å²) in [7, 11) is -3.09. The van der Waals surface area contributed by atoms with Crippen LogP contribution in [0.4, 0.5) is 0 Å². The van der Waals surface area contributed by atoms with Crippen molar-refractivity contribution in [2.45, 2.75) is 56.7 Å². The highest BCUT2D eigenvalue weighted by Gasteiger charge is 2.41. The van der Waals surface area contributed by atoms with Crippen molar-refractivity contribution in [1.82, 2.24) is 19.4 Å². The minimum atomic E-state index is -3.09. The van der Waals surface area contributed by atoms with E-state index in [4.69, 9.17) is 4.74 Å². The van der Waals surface area contributed by atoms with Crippen molar-refractivity contribution in [2.24, 2.45) is 0 Å². The van der Waals surface area contributed by atoms with Gasteiger partial charge in [0.05, 0.1) is 11.8 Å². The first-order valence-electron chi connectivity index (χ1n) is 13.6. The summed E-state index contributed by atoms with van der Waals surface area (Å²) in [5, 5.41) is 2.63. The molecule has 3 aliphatic heterocycles. The molecule has 0 radical (unpaired) electrons. The number of allylic oxidation sites excluding steroid dienone is 1. The molecule has 1 unspecified atom stereocenters. The molecular weight excluding hydrogens is 516 g/mol. The molecule has 39 heavy (non-hydrogen) atoms. The Morgan fingerprint density at radius 3 is 2.36 bits per heavy atom. The lowest BCUT2D eigenvalue weighted by Gasteiger charge is -2.34. The van der Waals surface area contributed by atoms with Gasteiger partial charge >= 0.3 is 0 Å². The van der Waals surface area contributed by atoms with Crippen molar-refractivity contribution in [1.29, 1.82) is 0 Å². The molecule has 206 valence electrons. The Morgan fingerprint density at radius 1 is 0.949 bits per heavy atom. The van der Waals surface area contributed by atoms with Crippen molar-refractivity contribution >= 4 is 21.8 Å². The van der Waals surface area contributed by atoms with Gasteiger partial charge < -0.3 is 15.0 Å². The van der Waals surface area contributed by atoms with Gasteiger partial charge in [0.25, 0.3) is 5.91 Å². The SMILES string of the molecule is C=C1CCC(N2Cc3c(OCc4ccc(CN5CCN(S(=O)(=O)C6CC6)CC5)cc4)cccc3C2=O)C(=O)N1. The summed E-state index contributed by atoms with van der Waals surface area (Å²) in [6.45, 7) is 7.93. The van der Waals surface area contributed by atoms with Crippen LogP contribution in [0.5, 0.6) is 5.75 Å². The molecule has 3 fully saturated rings. The molecule has 6 rings (SSSR count). The molecule has 1 saturated carbocycles. The predicted octanol–water partition coefficient (Wildman–Crippen LogP) is 2.62. The van der Waals surface area contributed by atoms with Crippen LogP contribution in [-0.2, 0) is 34.5 Å². The van der Waals surface area contributed by atoms with Gasteiger partial charge in [-0.1, -0.05) is 36.9 Å². The third-order valence-electron chi connectivity index (χ3n) is 8.11. The second-order valence-corrected chi connectivity index (χ2v) is 13.1. The van der Waals surface area contributed by atoms with E-state index in [1.807, 2.05) is 24.3 Å². The van der Waals surface area contributed by atoms with Gasteiger partial charge in [-0.2, -0.15) is 4.31 Å². The van der Waals surface area contributed by atoms with Gasteiger partial charge in [-0.25, -0.2) is 8.42 Å². The molecule has 4 aliphatic rings. The smallest absolute Gasteiger partial charge is 0.255 e. The van der Waals surface area contributed by atoms with Crippen LogP contribution in [0.3, 0.4) is 0 Å². The summed E-state index contributed by atoms with van der Waals surface area (Å²) in [4.78, 5) is 29.5. The number of sulfonamides is 1. The number of carbonyl (C=O) groups is 2. The van der Waals surface area contributed by atoms with E-state index in [1.165, 1.54) is 5.56 Å². The lowest BCUT2D eigenvalue weighted by atomic mass is 10.0. The number of nitrogens with zero attached hydrogens (tertiary/aromatic N) is 3. The third-order valence-corrected chi connectivity index (χ3v) is 10.5. The maximum Gasteiger partial charge on any atom is 0.255 e. The Bertz CT molecular complexity index is 1400. The molecule has 3 heterocycles. The van der Waals surface area contributed by atoms with E-state index in [9.17, 15) is 18.0 Å². The number of piperazine rings is 1. The van der Waals surface area contributed by atoms with Gasteiger partial charge in [-0.3, -0.25) is 14.5 Å². The summed E-state index contributed by atoms with van der Waals surface area (Å²) in [6.07, 6.45) is 2.84. The van der Waals surface area contributed by atoms with E-state index in [1.54, 1.807) is 15.3 Å². The first-order chi connectivity index (χ1) is 18.8. The Hall–Kier alpha value is -3.21.